The molecule has 0 fully saturated rings. The zero-order valence-electron chi connectivity index (χ0n) is 9.28. The lowest BCUT2D eigenvalue weighted by Gasteiger charge is -2.14. The fraction of sp³-hybridized carbons (Fsp3) is 0.250. The van der Waals surface area contributed by atoms with E-state index in [0.29, 0.717) is 5.02 Å². The first kappa shape index (κ1) is 12.6. The number of furan rings is 1. The Bertz CT molecular complexity index is 501. The van der Waals surface area contributed by atoms with Gasteiger partial charge in [-0.05, 0) is 53.2 Å². The van der Waals surface area contributed by atoms with Crippen LogP contribution < -0.4 is 5.32 Å². The molecule has 0 aromatic carbocycles. The van der Waals surface area contributed by atoms with Gasteiger partial charge in [-0.1, -0.05) is 11.6 Å². The number of halogens is 2. The van der Waals surface area contributed by atoms with Crippen LogP contribution in [0.2, 0.25) is 5.02 Å². The molecule has 0 spiro atoms. The van der Waals surface area contributed by atoms with E-state index in [1.54, 1.807) is 12.4 Å². The molecule has 2 aromatic heterocycles. The predicted octanol–water partition coefficient (Wildman–Crippen LogP) is 3.59. The Kier molecular flexibility index (Phi) is 4.20. The molecule has 2 rings (SSSR count). The maximum absolute atomic E-state index is 6.09. The van der Waals surface area contributed by atoms with Gasteiger partial charge in [-0.25, -0.2) is 0 Å². The molecule has 2 heterocycles. The van der Waals surface area contributed by atoms with Gasteiger partial charge < -0.3 is 9.73 Å². The van der Waals surface area contributed by atoms with E-state index in [1.807, 2.05) is 25.2 Å². The molecule has 17 heavy (non-hydrogen) atoms. The lowest BCUT2D eigenvalue weighted by Crippen LogP contribution is -2.18. The van der Waals surface area contributed by atoms with Gasteiger partial charge in [0.2, 0.25) is 0 Å². The van der Waals surface area contributed by atoms with E-state index >= 15 is 0 Å². The highest BCUT2D eigenvalue weighted by molar-refractivity contribution is 9.10. The van der Waals surface area contributed by atoms with Crippen molar-refractivity contribution in [1.29, 1.82) is 0 Å². The third kappa shape index (κ3) is 3.09. The quantitative estimate of drug-likeness (QED) is 0.937. The zero-order chi connectivity index (χ0) is 12.3. The van der Waals surface area contributed by atoms with Gasteiger partial charge in [-0.3, -0.25) is 4.98 Å². The van der Waals surface area contributed by atoms with E-state index in [-0.39, 0.29) is 6.04 Å². The van der Waals surface area contributed by atoms with E-state index in [4.69, 9.17) is 16.0 Å². The molecule has 0 saturated heterocycles. The number of hydrogen-bond donors (Lipinski definition) is 1. The van der Waals surface area contributed by atoms with Crippen LogP contribution in [-0.4, -0.2) is 12.0 Å². The van der Waals surface area contributed by atoms with Gasteiger partial charge in [0.25, 0.3) is 0 Å². The van der Waals surface area contributed by atoms with Gasteiger partial charge in [0.1, 0.15) is 5.76 Å². The Morgan fingerprint density at radius 3 is 2.88 bits per heavy atom. The van der Waals surface area contributed by atoms with Gasteiger partial charge in [0.15, 0.2) is 4.67 Å². The van der Waals surface area contributed by atoms with E-state index in [0.717, 1.165) is 22.4 Å². The van der Waals surface area contributed by atoms with Gasteiger partial charge >= 0.3 is 0 Å². The van der Waals surface area contributed by atoms with Crippen LogP contribution in [-0.2, 0) is 6.42 Å². The molecule has 0 bridgehead atoms. The Balaban J connectivity index is 2.18. The van der Waals surface area contributed by atoms with Crippen LogP contribution in [0.15, 0.2) is 39.7 Å². The van der Waals surface area contributed by atoms with Gasteiger partial charge in [0, 0.05) is 12.4 Å². The van der Waals surface area contributed by atoms with Crippen LogP contribution in [0.3, 0.4) is 0 Å². The summed E-state index contributed by atoms with van der Waals surface area (Å²) < 4.78 is 6.27. The second-order valence-corrected chi connectivity index (χ2v) is 4.84. The van der Waals surface area contributed by atoms with Crippen molar-refractivity contribution < 1.29 is 4.42 Å². The molecule has 1 N–H and O–H groups in total. The van der Waals surface area contributed by atoms with Crippen LogP contribution in [0, 0.1) is 0 Å². The summed E-state index contributed by atoms with van der Waals surface area (Å²) in [4.78, 5) is 3.97. The second-order valence-electron chi connectivity index (χ2n) is 3.65. The molecule has 0 saturated carbocycles. The summed E-state index contributed by atoms with van der Waals surface area (Å²) >= 11 is 9.39. The fourth-order valence-electron chi connectivity index (χ4n) is 1.65. The van der Waals surface area contributed by atoms with Gasteiger partial charge in [-0.15, -0.1) is 0 Å². The number of likely N-dealkylation sites (N-methyl/N-ethyl adjacent to an activating group) is 1. The smallest absolute Gasteiger partial charge is 0.169 e. The van der Waals surface area contributed by atoms with Crippen LogP contribution >= 0.6 is 27.5 Å². The molecule has 0 aliphatic heterocycles. The van der Waals surface area contributed by atoms with Crippen molar-refractivity contribution in [1.82, 2.24) is 10.3 Å². The van der Waals surface area contributed by atoms with Crippen LogP contribution in [0.4, 0.5) is 0 Å². The lowest BCUT2D eigenvalue weighted by molar-refractivity contribution is 0.416. The van der Waals surface area contributed by atoms with Crippen molar-refractivity contribution >= 4 is 27.5 Å². The molecule has 0 amide bonds. The van der Waals surface area contributed by atoms with Crippen molar-refractivity contribution in [3.05, 3.63) is 51.6 Å². The maximum atomic E-state index is 6.09. The summed E-state index contributed by atoms with van der Waals surface area (Å²) in [5.41, 5.74) is 1.05. The summed E-state index contributed by atoms with van der Waals surface area (Å²) in [6.45, 7) is 0. The Labute approximate surface area is 113 Å². The average molecular weight is 316 g/mol. The van der Waals surface area contributed by atoms with E-state index in [9.17, 15) is 0 Å². The third-order valence-electron chi connectivity index (χ3n) is 2.57. The summed E-state index contributed by atoms with van der Waals surface area (Å²) in [5, 5.41) is 3.89. The van der Waals surface area contributed by atoms with Crippen LogP contribution in [0.25, 0.3) is 0 Å². The first-order chi connectivity index (χ1) is 8.20. The van der Waals surface area contributed by atoms with E-state index in [1.165, 1.54) is 0 Å². The van der Waals surface area contributed by atoms with Crippen molar-refractivity contribution in [3.63, 3.8) is 0 Å². The summed E-state index contributed by atoms with van der Waals surface area (Å²) in [7, 11) is 1.90. The van der Waals surface area contributed by atoms with Crippen molar-refractivity contribution in [2.45, 2.75) is 12.5 Å². The van der Waals surface area contributed by atoms with E-state index in [2.05, 4.69) is 26.2 Å². The number of nitrogens with zero attached hydrogens (tertiary/aromatic N) is 1. The fourth-order valence-corrected chi connectivity index (χ4v) is 2.17. The second kappa shape index (κ2) is 5.67. The molecule has 3 nitrogen and oxygen atoms in total. The first-order valence-corrected chi connectivity index (χ1v) is 6.38. The number of pyridine rings is 1. The largest absolute Gasteiger partial charge is 0.453 e. The molecule has 5 heteroatoms. The maximum Gasteiger partial charge on any atom is 0.169 e. The van der Waals surface area contributed by atoms with Gasteiger partial charge in [0.05, 0.1) is 11.1 Å². The number of nitrogens with one attached hydrogen (secondary N) is 1. The third-order valence-corrected chi connectivity index (χ3v) is 3.33. The summed E-state index contributed by atoms with van der Waals surface area (Å²) in [5.74, 6) is 0.882. The average Bonchev–Trinajstić information content (AvgIpc) is 2.75. The number of aromatic nitrogens is 1. The SMILES string of the molecule is CNC(Cc1ccncc1Cl)c1ccc(Br)o1. The normalized spacial score (nSPS) is 12.6. The Hall–Kier alpha value is -0.840. The molecule has 1 atom stereocenters. The van der Waals surface area contributed by atoms with E-state index < -0.39 is 0 Å². The molecular weight excluding hydrogens is 304 g/mol. The molecule has 1 unspecified atom stereocenters. The zero-order valence-corrected chi connectivity index (χ0v) is 11.6. The van der Waals surface area contributed by atoms with Crippen molar-refractivity contribution in [2.75, 3.05) is 7.05 Å². The molecule has 0 radical (unpaired) electrons. The van der Waals surface area contributed by atoms with Crippen LogP contribution in [0.5, 0.6) is 0 Å². The Morgan fingerprint density at radius 2 is 2.29 bits per heavy atom. The van der Waals surface area contributed by atoms with Crippen molar-refractivity contribution in [3.8, 4) is 0 Å². The van der Waals surface area contributed by atoms with Crippen LogP contribution in [0.1, 0.15) is 17.4 Å². The standard InChI is InChI=1S/C12H12BrClN2O/c1-15-10(11-2-3-12(13)17-11)6-8-4-5-16-7-9(8)14/h2-5,7,10,15H,6H2,1H3. The highest BCUT2D eigenvalue weighted by Crippen LogP contribution is 2.25. The number of rotatable bonds is 4. The molecule has 0 aliphatic rings. The predicted molar refractivity (Wildman–Crippen MR) is 71.2 cm³/mol. The van der Waals surface area contributed by atoms with Gasteiger partial charge in [-0.2, -0.15) is 0 Å². The summed E-state index contributed by atoms with van der Waals surface area (Å²) in [6.07, 6.45) is 4.16. The summed E-state index contributed by atoms with van der Waals surface area (Å²) in [6, 6.07) is 5.85. The minimum atomic E-state index is 0.0983. The monoisotopic (exact) mass is 314 g/mol. The number of hydrogen-bond acceptors (Lipinski definition) is 3. The topological polar surface area (TPSA) is 38.1 Å². The first-order valence-electron chi connectivity index (χ1n) is 5.21. The molecule has 0 aliphatic carbocycles. The highest BCUT2D eigenvalue weighted by atomic mass is 79.9. The minimum absolute atomic E-state index is 0.0983. The molecule has 2 aromatic rings. The highest BCUT2D eigenvalue weighted by Gasteiger charge is 2.15. The lowest BCUT2D eigenvalue weighted by atomic mass is 10.1. The minimum Gasteiger partial charge on any atom is -0.453 e. The molecular formula is C12H12BrClN2O. The Morgan fingerprint density at radius 1 is 1.47 bits per heavy atom. The van der Waals surface area contributed by atoms with Crippen molar-refractivity contribution in [2.24, 2.45) is 0 Å². The molecule has 90 valence electrons.